The van der Waals surface area contributed by atoms with Crippen molar-refractivity contribution in [3.63, 3.8) is 0 Å². The van der Waals surface area contributed by atoms with Gasteiger partial charge in [0, 0.05) is 10.8 Å². The Morgan fingerprint density at radius 1 is 1.37 bits per heavy atom. The Bertz CT molecular complexity index is 427. The van der Waals surface area contributed by atoms with Crippen LogP contribution in [0.1, 0.15) is 44.6 Å². The molecule has 0 bridgehead atoms. The van der Waals surface area contributed by atoms with Crippen molar-refractivity contribution < 1.29 is 4.79 Å². The summed E-state index contributed by atoms with van der Waals surface area (Å²) in [6, 6.07) is 8.42. The summed E-state index contributed by atoms with van der Waals surface area (Å²) < 4.78 is 0. The van der Waals surface area contributed by atoms with Gasteiger partial charge in [-0.25, -0.2) is 0 Å². The van der Waals surface area contributed by atoms with Crippen LogP contribution in [0.4, 0.5) is 0 Å². The Labute approximate surface area is 121 Å². The average molecular weight is 276 g/mol. The van der Waals surface area contributed by atoms with Crippen molar-refractivity contribution in [1.29, 1.82) is 0 Å². The van der Waals surface area contributed by atoms with Gasteiger partial charge in [-0.05, 0) is 37.8 Å². The van der Waals surface area contributed by atoms with Crippen LogP contribution in [0.3, 0.4) is 0 Å². The fourth-order valence-electron chi connectivity index (χ4n) is 2.93. The number of thioether (sulfide) groups is 1. The molecule has 0 radical (unpaired) electrons. The van der Waals surface area contributed by atoms with Crippen LogP contribution in [-0.2, 0) is 4.79 Å². The molecule has 104 valence electrons. The quantitative estimate of drug-likeness (QED) is 0.713. The molecule has 0 aromatic heterocycles. The molecule has 1 aliphatic carbocycles. The van der Waals surface area contributed by atoms with Crippen molar-refractivity contribution in [2.75, 3.05) is 5.75 Å². The topological polar surface area (TPSA) is 17.1 Å². The number of Topliss-reactive ketones (excluding diaryl/α,β-unsaturated/α-hetero) is 1. The predicted octanol–water partition coefficient (Wildman–Crippen LogP) is 4.87. The van der Waals surface area contributed by atoms with Crippen LogP contribution >= 0.6 is 11.8 Å². The Kier molecular flexibility index (Phi) is 5.50. The fourth-order valence-corrected chi connectivity index (χ4v) is 3.92. The van der Waals surface area contributed by atoms with Crippen molar-refractivity contribution in [2.45, 2.75) is 50.8 Å². The van der Waals surface area contributed by atoms with Crippen molar-refractivity contribution >= 4 is 17.5 Å². The molecule has 2 rings (SSSR count). The van der Waals surface area contributed by atoms with Gasteiger partial charge in [-0.15, -0.1) is 11.8 Å². The number of ketones is 1. The minimum absolute atomic E-state index is 0.330. The highest BCUT2D eigenvalue weighted by Crippen LogP contribution is 2.32. The van der Waals surface area contributed by atoms with Crippen molar-refractivity contribution in [1.82, 2.24) is 0 Å². The first kappa shape index (κ1) is 14.6. The molecule has 0 spiro atoms. The van der Waals surface area contributed by atoms with E-state index in [1.165, 1.54) is 29.7 Å². The third-order valence-corrected chi connectivity index (χ3v) is 5.20. The second-order valence-electron chi connectivity index (χ2n) is 5.71. The summed E-state index contributed by atoms with van der Waals surface area (Å²) >= 11 is 1.70. The van der Waals surface area contributed by atoms with Crippen LogP contribution in [0.15, 0.2) is 29.2 Å². The van der Waals surface area contributed by atoms with E-state index in [-0.39, 0.29) is 0 Å². The fraction of sp³-hybridized carbons (Fsp3) is 0.588. The zero-order chi connectivity index (χ0) is 13.7. The largest absolute Gasteiger partial charge is 0.298 e. The van der Waals surface area contributed by atoms with Crippen molar-refractivity contribution in [3.05, 3.63) is 29.8 Å². The number of benzene rings is 1. The molecule has 1 aromatic carbocycles. The lowest BCUT2D eigenvalue weighted by molar-refractivity contribution is -0.121. The van der Waals surface area contributed by atoms with Crippen LogP contribution in [-0.4, -0.2) is 11.5 Å². The van der Waals surface area contributed by atoms with Crippen LogP contribution in [0.2, 0.25) is 0 Å². The van der Waals surface area contributed by atoms with Crippen molar-refractivity contribution in [3.8, 4) is 0 Å². The van der Waals surface area contributed by atoms with Gasteiger partial charge in [0.1, 0.15) is 5.78 Å². The molecular formula is C17H24OS. The van der Waals surface area contributed by atoms with Gasteiger partial charge in [0.15, 0.2) is 0 Å². The number of carbonyl (C=O) groups is 1. The summed E-state index contributed by atoms with van der Waals surface area (Å²) in [5, 5.41) is 0. The van der Waals surface area contributed by atoms with E-state index in [9.17, 15) is 4.79 Å². The first-order valence-corrected chi connectivity index (χ1v) is 8.39. The van der Waals surface area contributed by atoms with E-state index in [2.05, 4.69) is 38.1 Å². The molecule has 2 unspecified atom stereocenters. The van der Waals surface area contributed by atoms with Crippen LogP contribution in [0.25, 0.3) is 0 Å². The highest BCUT2D eigenvalue weighted by Gasteiger charge is 2.25. The van der Waals surface area contributed by atoms with E-state index in [4.69, 9.17) is 0 Å². The molecule has 2 heteroatoms. The molecule has 1 saturated carbocycles. The first-order valence-electron chi connectivity index (χ1n) is 7.41. The molecule has 0 saturated heterocycles. The van der Waals surface area contributed by atoms with E-state index in [1.54, 1.807) is 11.8 Å². The van der Waals surface area contributed by atoms with Gasteiger partial charge in [-0.3, -0.25) is 4.79 Å². The molecule has 19 heavy (non-hydrogen) atoms. The maximum absolute atomic E-state index is 12.3. The van der Waals surface area contributed by atoms with Crippen molar-refractivity contribution in [2.24, 2.45) is 11.8 Å². The van der Waals surface area contributed by atoms with E-state index in [0.717, 1.165) is 18.8 Å². The van der Waals surface area contributed by atoms with E-state index in [0.29, 0.717) is 17.5 Å². The Morgan fingerprint density at radius 3 is 2.95 bits per heavy atom. The van der Waals surface area contributed by atoms with E-state index >= 15 is 0 Å². The molecular weight excluding hydrogens is 252 g/mol. The van der Waals surface area contributed by atoms with E-state index in [1.807, 2.05) is 0 Å². The molecule has 0 heterocycles. The number of hydrogen-bond donors (Lipinski definition) is 0. The van der Waals surface area contributed by atoms with Gasteiger partial charge >= 0.3 is 0 Å². The first-order chi connectivity index (χ1) is 9.19. The molecule has 1 fully saturated rings. The highest BCUT2D eigenvalue weighted by molar-refractivity contribution is 8.00. The Hall–Kier alpha value is -0.760. The van der Waals surface area contributed by atoms with Gasteiger partial charge in [-0.2, -0.15) is 0 Å². The summed E-state index contributed by atoms with van der Waals surface area (Å²) in [6.07, 6.45) is 6.04. The SMILES string of the molecule is CCC1CCCC(C(=O)CSc2cccc(C)c2)C1. The molecule has 1 aromatic rings. The highest BCUT2D eigenvalue weighted by atomic mass is 32.2. The van der Waals surface area contributed by atoms with Crippen LogP contribution < -0.4 is 0 Å². The molecule has 1 nitrogen and oxygen atoms in total. The predicted molar refractivity (Wildman–Crippen MR) is 82.6 cm³/mol. The van der Waals surface area contributed by atoms with Gasteiger partial charge in [-0.1, -0.05) is 43.9 Å². The monoisotopic (exact) mass is 276 g/mol. The zero-order valence-corrected chi connectivity index (χ0v) is 12.8. The number of rotatable bonds is 5. The lowest BCUT2D eigenvalue weighted by Crippen LogP contribution is -2.24. The van der Waals surface area contributed by atoms with Gasteiger partial charge in [0.2, 0.25) is 0 Å². The standard InChI is InChI=1S/C17H24OS/c1-3-14-7-5-8-15(11-14)17(18)12-19-16-9-4-6-13(2)10-16/h4,6,9-10,14-15H,3,5,7-8,11-12H2,1-2H3. The summed E-state index contributed by atoms with van der Waals surface area (Å²) in [5.74, 6) is 2.22. The maximum atomic E-state index is 12.3. The lowest BCUT2D eigenvalue weighted by atomic mass is 9.78. The second kappa shape index (κ2) is 7.14. The maximum Gasteiger partial charge on any atom is 0.146 e. The summed E-state index contributed by atoms with van der Waals surface area (Å²) in [4.78, 5) is 13.5. The average Bonchev–Trinajstić information content (AvgIpc) is 2.45. The minimum atomic E-state index is 0.330. The normalized spacial score (nSPS) is 23.3. The second-order valence-corrected chi connectivity index (χ2v) is 6.76. The summed E-state index contributed by atoms with van der Waals surface area (Å²) in [6.45, 7) is 4.35. The summed E-state index contributed by atoms with van der Waals surface area (Å²) in [7, 11) is 0. The third-order valence-electron chi connectivity index (χ3n) is 4.19. The molecule has 0 amide bonds. The Morgan fingerprint density at radius 2 is 2.21 bits per heavy atom. The number of carbonyl (C=O) groups excluding carboxylic acids is 1. The molecule has 1 aliphatic rings. The lowest BCUT2D eigenvalue weighted by Gasteiger charge is -2.27. The zero-order valence-electron chi connectivity index (χ0n) is 12.0. The molecule has 0 N–H and O–H groups in total. The van der Waals surface area contributed by atoms with Gasteiger partial charge in [0.05, 0.1) is 5.75 Å². The minimum Gasteiger partial charge on any atom is -0.298 e. The van der Waals surface area contributed by atoms with E-state index < -0.39 is 0 Å². The van der Waals surface area contributed by atoms with Crippen LogP contribution in [0.5, 0.6) is 0 Å². The number of hydrogen-bond acceptors (Lipinski definition) is 2. The smallest absolute Gasteiger partial charge is 0.146 e. The summed E-state index contributed by atoms with van der Waals surface area (Å²) in [5.41, 5.74) is 1.26. The van der Waals surface area contributed by atoms with Gasteiger partial charge < -0.3 is 0 Å². The molecule has 0 aliphatic heterocycles. The number of aryl methyl sites for hydroxylation is 1. The molecule has 2 atom stereocenters. The van der Waals surface area contributed by atoms with Crippen LogP contribution in [0, 0.1) is 18.8 Å². The third kappa shape index (κ3) is 4.38. The van der Waals surface area contributed by atoms with Gasteiger partial charge in [0.25, 0.3) is 0 Å². The Balaban J connectivity index is 1.84.